The molecule has 0 heterocycles. The van der Waals surface area contributed by atoms with Gasteiger partial charge in [-0.15, -0.1) is 0 Å². The maximum absolute atomic E-state index is 12.2. The van der Waals surface area contributed by atoms with Crippen molar-refractivity contribution in [3.8, 4) is 0 Å². The Bertz CT molecular complexity index is 711. The van der Waals surface area contributed by atoms with E-state index in [9.17, 15) is 15.0 Å². The zero-order chi connectivity index (χ0) is 22.6. The van der Waals surface area contributed by atoms with Gasteiger partial charge in [0.15, 0.2) is 0 Å². The predicted octanol–water partition coefficient (Wildman–Crippen LogP) is 6.70. The molecule has 4 aliphatic carbocycles. The molecule has 0 saturated heterocycles. The van der Waals surface area contributed by atoms with Crippen molar-refractivity contribution < 1.29 is 15.0 Å². The molecule has 2 N–H and O–H groups in total. The normalized spacial score (nSPS) is 45.5. The quantitative estimate of drug-likeness (QED) is 0.493. The molecule has 3 saturated carbocycles. The molecule has 0 amide bonds. The summed E-state index contributed by atoms with van der Waals surface area (Å²) < 4.78 is 0. The Balaban J connectivity index is 1.55. The number of hydrogen-bond acceptors (Lipinski definition) is 2. The molecule has 0 bridgehead atoms. The van der Waals surface area contributed by atoms with Crippen LogP contribution < -0.4 is 0 Å². The molecule has 4 aliphatic rings. The topological polar surface area (TPSA) is 57.5 Å². The van der Waals surface area contributed by atoms with Crippen molar-refractivity contribution >= 4 is 5.97 Å². The molecule has 1 unspecified atom stereocenters. The van der Waals surface area contributed by atoms with Gasteiger partial charge in [0.2, 0.25) is 0 Å². The standard InChI is InChI=1S/C28H46O3/c1-17(2)7-6-8-18(3)22-11-12-23-21-10-9-19-15-20(29)16-25(26(30)31)28(19,5)24(21)13-14-27(22,23)4/h16-24,29H,6-15H2,1-5H3,(H,30,31)/t18-,19?,20-,21+,22-,23+,24+,27-,28+/m1/s1. The molecule has 0 spiro atoms. The van der Waals surface area contributed by atoms with E-state index >= 15 is 0 Å². The summed E-state index contributed by atoms with van der Waals surface area (Å²) in [6.07, 6.45) is 13.4. The largest absolute Gasteiger partial charge is 0.478 e. The minimum absolute atomic E-state index is 0.268. The Labute approximate surface area is 190 Å². The lowest BCUT2D eigenvalue weighted by atomic mass is 9.44. The van der Waals surface area contributed by atoms with Crippen LogP contribution in [0.15, 0.2) is 11.6 Å². The lowest BCUT2D eigenvalue weighted by Crippen LogP contribution is -2.55. The summed E-state index contributed by atoms with van der Waals surface area (Å²) in [5.74, 6) is 3.83. The molecule has 4 rings (SSSR count). The molecule has 9 atom stereocenters. The molecule has 3 nitrogen and oxygen atoms in total. The summed E-state index contributed by atoms with van der Waals surface area (Å²) in [4.78, 5) is 12.2. The first-order chi connectivity index (χ1) is 14.6. The van der Waals surface area contributed by atoms with Crippen molar-refractivity contribution in [3.05, 3.63) is 11.6 Å². The average Bonchev–Trinajstić information content (AvgIpc) is 3.04. The van der Waals surface area contributed by atoms with Crippen LogP contribution in [0, 0.1) is 52.3 Å². The molecule has 0 radical (unpaired) electrons. The summed E-state index contributed by atoms with van der Waals surface area (Å²) in [7, 11) is 0. The first-order valence-electron chi connectivity index (χ1n) is 13.2. The van der Waals surface area contributed by atoms with Crippen LogP contribution in [0.25, 0.3) is 0 Å². The van der Waals surface area contributed by atoms with Gasteiger partial charge in [0.1, 0.15) is 0 Å². The van der Waals surface area contributed by atoms with Gasteiger partial charge in [-0.1, -0.05) is 53.9 Å². The van der Waals surface area contributed by atoms with Crippen LogP contribution in [-0.4, -0.2) is 22.3 Å². The monoisotopic (exact) mass is 430 g/mol. The van der Waals surface area contributed by atoms with E-state index in [2.05, 4.69) is 34.6 Å². The minimum atomic E-state index is -0.802. The lowest BCUT2D eigenvalue weighted by Gasteiger charge is -2.60. The SMILES string of the molecule is CC(C)CCC[C@@H](C)[C@H]1CC[C@H]2[C@@H]3CCC4C[C@@H](O)C=C(C(=O)O)[C@]4(C)[C@H]3CC[C@]12C. The Morgan fingerprint density at radius 1 is 1.06 bits per heavy atom. The summed E-state index contributed by atoms with van der Waals surface area (Å²) in [6, 6.07) is 0. The van der Waals surface area contributed by atoms with Gasteiger partial charge in [0.25, 0.3) is 0 Å². The van der Waals surface area contributed by atoms with E-state index in [-0.39, 0.29) is 5.41 Å². The van der Waals surface area contributed by atoms with Gasteiger partial charge >= 0.3 is 5.97 Å². The molecule has 0 aromatic rings. The molecule has 31 heavy (non-hydrogen) atoms. The summed E-state index contributed by atoms with van der Waals surface area (Å²) in [5.41, 5.74) is 0.685. The maximum Gasteiger partial charge on any atom is 0.331 e. The third-order valence-electron chi connectivity index (χ3n) is 10.8. The number of hydrogen-bond donors (Lipinski definition) is 2. The summed E-state index contributed by atoms with van der Waals surface area (Å²) in [5, 5.41) is 20.4. The highest BCUT2D eigenvalue weighted by Gasteiger charge is 2.62. The van der Waals surface area contributed by atoms with Gasteiger partial charge in [-0.25, -0.2) is 4.79 Å². The fourth-order valence-electron chi connectivity index (χ4n) is 9.27. The van der Waals surface area contributed by atoms with Gasteiger partial charge in [-0.3, -0.25) is 0 Å². The second kappa shape index (κ2) is 8.50. The fraction of sp³-hybridized carbons (Fsp3) is 0.893. The Morgan fingerprint density at radius 2 is 1.81 bits per heavy atom. The molecule has 3 fully saturated rings. The smallest absolute Gasteiger partial charge is 0.331 e. The molecule has 0 aromatic carbocycles. The number of carboxylic acid groups (broad SMARTS) is 1. The molecule has 0 aliphatic heterocycles. The van der Waals surface area contributed by atoms with Crippen LogP contribution in [-0.2, 0) is 4.79 Å². The van der Waals surface area contributed by atoms with Crippen molar-refractivity contribution in [2.75, 3.05) is 0 Å². The number of aliphatic carboxylic acids is 1. The number of fused-ring (bicyclic) bond motifs is 5. The number of aliphatic hydroxyl groups is 1. The van der Waals surface area contributed by atoms with Crippen molar-refractivity contribution in [2.45, 2.75) is 105 Å². The molecular weight excluding hydrogens is 384 g/mol. The van der Waals surface area contributed by atoms with Gasteiger partial charge in [-0.2, -0.15) is 0 Å². The van der Waals surface area contributed by atoms with Crippen LogP contribution in [0.2, 0.25) is 0 Å². The second-order valence-corrected chi connectivity index (χ2v) is 12.7. The average molecular weight is 431 g/mol. The molecule has 3 heteroatoms. The first-order valence-corrected chi connectivity index (χ1v) is 13.2. The summed E-state index contributed by atoms with van der Waals surface area (Å²) >= 11 is 0. The Morgan fingerprint density at radius 3 is 2.48 bits per heavy atom. The number of rotatable bonds is 6. The minimum Gasteiger partial charge on any atom is -0.478 e. The van der Waals surface area contributed by atoms with E-state index in [1.807, 2.05) is 0 Å². The summed E-state index contributed by atoms with van der Waals surface area (Å²) in [6.45, 7) is 12.0. The zero-order valence-electron chi connectivity index (χ0n) is 20.6. The van der Waals surface area contributed by atoms with Gasteiger partial charge < -0.3 is 10.2 Å². The number of carbonyl (C=O) groups is 1. The van der Waals surface area contributed by atoms with Gasteiger partial charge in [0.05, 0.1) is 6.10 Å². The van der Waals surface area contributed by atoms with E-state index < -0.39 is 12.1 Å². The number of aliphatic hydroxyl groups excluding tert-OH is 1. The highest BCUT2D eigenvalue weighted by molar-refractivity contribution is 5.88. The number of carboxylic acids is 1. The van der Waals surface area contributed by atoms with E-state index in [4.69, 9.17) is 0 Å². The van der Waals surface area contributed by atoms with Gasteiger partial charge in [-0.05, 0) is 97.9 Å². The van der Waals surface area contributed by atoms with Crippen LogP contribution in [0.1, 0.15) is 98.8 Å². The van der Waals surface area contributed by atoms with E-state index in [0.717, 1.165) is 36.5 Å². The predicted molar refractivity (Wildman–Crippen MR) is 126 cm³/mol. The van der Waals surface area contributed by atoms with E-state index in [0.29, 0.717) is 28.7 Å². The molecule has 176 valence electrons. The van der Waals surface area contributed by atoms with E-state index in [1.165, 1.54) is 51.4 Å². The Hall–Kier alpha value is -0.830. The zero-order valence-corrected chi connectivity index (χ0v) is 20.6. The van der Waals surface area contributed by atoms with Crippen LogP contribution in [0.4, 0.5) is 0 Å². The van der Waals surface area contributed by atoms with Crippen LogP contribution in [0.3, 0.4) is 0 Å². The van der Waals surface area contributed by atoms with Crippen molar-refractivity contribution in [1.29, 1.82) is 0 Å². The second-order valence-electron chi connectivity index (χ2n) is 12.7. The van der Waals surface area contributed by atoms with Crippen molar-refractivity contribution in [3.63, 3.8) is 0 Å². The molecular formula is C28H46O3. The highest BCUT2D eigenvalue weighted by atomic mass is 16.4. The fourth-order valence-corrected chi connectivity index (χ4v) is 9.27. The Kier molecular flexibility index (Phi) is 6.40. The first kappa shape index (κ1) is 23.3. The van der Waals surface area contributed by atoms with Gasteiger partial charge in [0, 0.05) is 11.0 Å². The van der Waals surface area contributed by atoms with E-state index in [1.54, 1.807) is 6.08 Å². The van der Waals surface area contributed by atoms with Crippen molar-refractivity contribution in [2.24, 2.45) is 52.3 Å². The molecule has 0 aromatic heterocycles. The van der Waals surface area contributed by atoms with Crippen LogP contribution >= 0.6 is 0 Å². The van der Waals surface area contributed by atoms with Crippen molar-refractivity contribution in [1.82, 2.24) is 0 Å². The van der Waals surface area contributed by atoms with Crippen LogP contribution in [0.5, 0.6) is 0 Å². The third kappa shape index (κ3) is 3.81. The maximum atomic E-state index is 12.2. The highest BCUT2D eigenvalue weighted by Crippen LogP contribution is 2.68. The third-order valence-corrected chi connectivity index (χ3v) is 10.8. The lowest BCUT2D eigenvalue weighted by molar-refractivity contribution is -0.140.